The summed E-state index contributed by atoms with van der Waals surface area (Å²) in [5.74, 6) is -0.804. The number of carbonyl (C=O) groups is 1. The molecule has 0 N–H and O–H groups in total. The SMILES string of the molecule is CCOC(=O)/C(=N/OC)c1nc2ccc(Br)cn2c1N=O. The van der Waals surface area contributed by atoms with E-state index in [2.05, 4.69) is 36.1 Å². The Hall–Kier alpha value is -2.29. The lowest BCUT2D eigenvalue weighted by Gasteiger charge is -2.02. The average Bonchev–Trinajstić information content (AvgIpc) is 2.82. The molecule has 0 saturated carbocycles. The molecule has 8 nitrogen and oxygen atoms in total. The Bertz CT molecular complexity index is 725. The third kappa shape index (κ3) is 2.92. The second-order valence-electron chi connectivity index (χ2n) is 3.79. The lowest BCUT2D eigenvalue weighted by molar-refractivity contribution is -0.135. The summed E-state index contributed by atoms with van der Waals surface area (Å²) in [5, 5.41) is 6.53. The number of nitroso groups, excluding NO2 is 1. The number of rotatable bonds is 5. The number of esters is 1. The largest absolute Gasteiger partial charge is 0.461 e. The van der Waals surface area contributed by atoms with Crippen LogP contribution in [0.2, 0.25) is 0 Å². The van der Waals surface area contributed by atoms with Crippen LogP contribution in [0.1, 0.15) is 12.6 Å². The number of halogens is 1. The van der Waals surface area contributed by atoms with Crippen molar-refractivity contribution < 1.29 is 14.4 Å². The molecule has 0 bridgehead atoms. The molecule has 21 heavy (non-hydrogen) atoms. The van der Waals surface area contributed by atoms with Crippen molar-refractivity contribution in [1.29, 1.82) is 0 Å². The number of hydrogen-bond donors (Lipinski definition) is 0. The van der Waals surface area contributed by atoms with E-state index in [1.54, 1.807) is 25.3 Å². The van der Waals surface area contributed by atoms with Crippen LogP contribution in [0.5, 0.6) is 0 Å². The topological polar surface area (TPSA) is 94.6 Å². The lowest BCUT2D eigenvalue weighted by atomic mass is 10.3. The summed E-state index contributed by atoms with van der Waals surface area (Å²) in [6.07, 6.45) is 1.61. The first-order chi connectivity index (χ1) is 10.1. The van der Waals surface area contributed by atoms with E-state index in [1.165, 1.54) is 11.5 Å². The molecule has 110 valence electrons. The molecule has 0 fully saturated rings. The van der Waals surface area contributed by atoms with Crippen molar-refractivity contribution in [3.63, 3.8) is 0 Å². The average molecular weight is 355 g/mol. The molecule has 9 heteroatoms. The van der Waals surface area contributed by atoms with Gasteiger partial charge in [-0.1, -0.05) is 5.16 Å². The van der Waals surface area contributed by atoms with Gasteiger partial charge in [-0.2, -0.15) is 0 Å². The zero-order chi connectivity index (χ0) is 15.4. The molecular weight excluding hydrogens is 344 g/mol. The summed E-state index contributed by atoms with van der Waals surface area (Å²) in [6, 6.07) is 3.41. The van der Waals surface area contributed by atoms with E-state index in [0.717, 1.165) is 4.47 Å². The van der Waals surface area contributed by atoms with Gasteiger partial charge in [0.1, 0.15) is 18.5 Å². The monoisotopic (exact) mass is 354 g/mol. The highest BCUT2D eigenvalue weighted by atomic mass is 79.9. The van der Waals surface area contributed by atoms with Crippen LogP contribution in [0.25, 0.3) is 5.65 Å². The van der Waals surface area contributed by atoms with Crippen LogP contribution in [0.4, 0.5) is 5.82 Å². The number of ether oxygens (including phenoxy) is 1. The van der Waals surface area contributed by atoms with Crippen LogP contribution in [-0.2, 0) is 14.4 Å². The molecule has 0 aliphatic rings. The number of carbonyl (C=O) groups excluding carboxylic acids is 1. The molecule has 0 amide bonds. The van der Waals surface area contributed by atoms with Crippen LogP contribution in [0.3, 0.4) is 0 Å². The molecule has 2 rings (SSSR count). The first-order valence-corrected chi connectivity index (χ1v) is 6.71. The Morgan fingerprint density at radius 3 is 2.86 bits per heavy atom. The number of oxime groups is 1. The van der Waals surface area contributed by atoms with Crippen LogP contribution >= 0.6 is 15.9 Å². The van der Waals surface area contributed by atoms with Crippen LogP contribution < -0.4 is 0 Å². The summed E-state index contributed by atoms with van der Waals surface area (Å²) in [5.41, 5.74) is 0.230. The van der Waals surface area contributed by atoms with Gasteiger partial charge in [0, 0.05) is 10.7 Å². The number of imidazole rings is 1. The number of pyridine rings is 1. The molecule has 0 atom stereocenters. The Kier molecular flexibility index (Phi) is 4.63. The standard InChI is InChI=1S/C12H11BrN4O4/c1-3-21-12(18)10(16-20-2)9-11(15-19)17-6-7(13)4-5-8(17)14-9/h4-6H,3H2,1-2H3/b16-10+. The Labute approximate surface area is 127 Å². The maximum absolute atomic E-state index is 11.9. The molecule has 0 aliphatic heterocycles. The highest BCUT2D eigenvalue weighted by Gasteiger charge is 2.26. The van der Waals surface area contributed by atoms with Crippen molar-refractivity contribution in [3.05, 3.63) is 33.4 Å². The minimum atomic E-state index is -0.744. The van der Waals surface area contributed by atoms with Gasteiger partial charge in [-0.05, 0) is 40.2 Å². The van der Waals surface area contributed by atoms with Crippen LogP contribution in [-0.4, -0.2) is 34.8 Å². The van der Waals surface area contributed by atoms with Crippen molar-refractivity contribution in [3.8, 4) is 0 Å². The molecule has 0 spiro atoms. The van der Waals surface area contributed by atoms with Crippen molar-refractivity contribution in [2.24, 2.45) is 10.3 Å². The first kappa shape index (κ1) is 15.1. The molecule has 0 saturated heterocycles. The van der Waals surface area contributed by atoms with Crippen molar-refractivity contribution >= 4 is 39.1 Å². The third-order valence-corrected chi connectivity index (χ3v) is 2.99. The molecule has 0 aromatic carbocycles. The Morgan fingerprint density at radius 1 is 1.48 bits per heavy atom. The van der Waals surface area contributed by atoms with Gasteiger partial charge in [0.15, 0.2) is 0 Å². The molecule has 0 aliphatic carbocycles. The lowest BCUT2D eigenvalue weighted by Crippen LogP contribution is -2.19. The van der Waals surface area contributed by atoms with E-state index in [4.69, 9.17) is 4.74 Å². The molecule has 0 radical (unpaired) electrons. The van der Waals surface area contributed by atoms with Crippen LogP contribution in [0, 0.1) is 4.91 Å². The summed E-state index contributed by atoms with van der Waals surface area (Å²) in [4.78, 5) is 31.9. The number of nitrogens with zero attached hydrogens (tertiary/aromatic N) is 4. The number of fused-ring (bicyclic) bond motifs is 1. The predicted molar refractivity (Wildman–Crippen MR) is 78.5 cm³/mol. The maximum Gasteiger partial charge on any atom is 0.362 e. The Morgan fingerprint density at radius 2 is 2.24 bits per heavy atom. The van der Waals surface area contributed by atoms with Gasteiger partial charge in [0.2, 0.25) is 11.5 Å². The van der Waals surface area contributed by atoms with Crippen LogP contribution in [0.15, 0.2) is 33.1 Å². The third-order valence-electron chi connectivity index (χ3n) is 2.52. The van der Waals surface area contributed by atoms with Gasteiger partial charge >= 0.3 is 5.97 Å². The van der Waals surface area contributed by atoms with E-state index < -0.39 is 5.97 Å². The second-order valence-corrected chi connectivity index (χ2v) is 4.71. The molecule has 2 aromatic heterocycles. The van der Waals surface area contributed by atoms with E-state index >= 15 is 0 Å². The fourth-order valence-corrected chi connectivity index (χ4v) is 2.06. The fraction of sp³-hybridized carbons (Fsp3) is 0.250. The number of hydrogen-bond acceptors (Lipinski definition) is 7. The van der Waals surface area contributed by atoms with Gasteiger partial charge in [-0.15, -0.1) is 4.91 Å². The molecule has 2 aromatic rings. The summed E-state index contributed by atoms with van der Waals surface area (Å²) in [6.45, 7) is 1.81. The number of aromatic nitrogens is 2. The second kappa shape index (κ2) is 6.44. The van der Waals surface area contributed by atoms with Gasteiger partial charge in [0.25, 0.3) is 0 Å². The van der Waals surface area contributed by atoms with Gasteiger partial charge in [0.05, 0.1) is 6.61 Å². The highest BCUT2D eigenvalue weighted by molar-refractivity contribution is 9.10. The van der Waals surface area contributed by atoms with Crippen molar-refractivity contribution in [1.82, 2.24) is 9.38 Å². The zero-order valence-electron chi connectivity index (χ0n) is 11.2. The van der Waals surface area contributed by atoms with E-state index in [-0.39, 0.29) is 23.8 Å². The van der Waals surface area contributed by atoms with Gasteiger partial charge in [-0.25, -0.2) is 9.78 Å². The molecule has 0 unspecified atom stereocenters. The summed E-state index contributed by atoms with van der Waals surface area (Å²) >= 11 is 3.29. The highest BCUT2D eigenvalue weighted by Crippen LogP contribution is 2.24. The maximum atomic E-state index is 11.9. The first-order valence-electron chi connectivity index (χ1n) is 5.92. The van der Waals surface area contributed by atoms with E-state index in [0.29, 0.717) is 5.65 Å². The summed E-state index contributed by atoms with van der Waals surface area (Å²) < 4.78 is 7.05. The van der Waals surface area contributed by atoms with Gasteiger partial charge < -0.3 is 9.57 Å². The van der Waals surface area contributed by atoms with E-state index in [9.17, 15) is 9.70 Å². The minimum Gasteiger partial charge on any atom is -0.461 e. The zero-order valence-corrected chi connectivity index (χ0v) is 12.8. The molecule has 2 heterocycles. The summed E-state index contributed by atoms with van der Waals surface area (Å²) in [7, 11) is 1.28. The Balaban J connectivity index is 2.65. The predicted octanol–water partition coefficient (Wildman–Crippen LogP) is 2.41. The smallest absolute Gasteiger partial charge is 0.362 e. The van der Waals surface area contributed by atoms with E-state index in [1.807, 2.05) is 0 Å². The van der Waals surface area contributed by atoms with Crippen molar-refractivity contribution in [2.75, 3.05) is 13.7 Å². The normalized spacial score (nSPS) is 11.5. The fourth-order valence-electron chi connectivity index (χ4n) is 1.72. The molecular formula is C12H11BrN4O4. The quantitative estimate of drug-likeness (QED) is 0.355. The minimum absolute atomic E-state index is 0.00315. The van der Waals surface area contributed by atoms with Gasteiger partial charge in [-0.3, -0.25) is 4.40 Å². The van der Waals surface area contributed by atoms with Crippen molar-refractivity contribution in [2.45, 2.75) is 6.92 Å².